The van der Waals surface area contributed by atoms with Crippen molar-refractivity contribution in [2.45, 2.75) is 127 Å². The molecule has 6 aliphatic heterocycles. The number of thiazole rings is 3. The van der Waals surface area contributed by atoms with Gasteiger partial charge in [-0.1, -0.05) is 109 Å². The quantitative estimate of drug-likeness (QED) is 0.0167. The Morgan fingerprint density at radius 1 is 0.491 bits per heavy atom. The third-order valence-corrected chi connectivity index (χ3v) is 22.9. The molecule has 6 aromatic rings. The largest absolute Gasteiger partial charge is 0.481 e. The highest BCUT2D eigenvalue weighted by Gasteiger charge is 2.50. The number of halogens is 11. The number of aliphatic carboxylic acids is 3. The van der Waals surface area contributed by atoms with Gasteiger partial charge in [0.05, 0.1) is 74.4 Å². The first-order valence-corrected chi connectivity index (χ1v) is 39.6. The molecule has 0 saturated carbocycles. The van der Waals surface area contributed by atoms with E-state index in [1.54, 1.807) is 97.1 Å². The van der Waals surface area contributed by atoms with E-state index in [0.29, 0.717) is 81.4 Å². The summed E-state index contributed by atoms with van der Waals surface area (Å²) in [5.74, 6) is -15.6. The van der Waals surface area contributed by atoms with Crippen LogP contribution in [0.3, 0.4) is 0 Å². The number of esters is 3. The average molecular weight is 1710 g/mol. The second kappa shape index (κ2) is 37.5. The number of carbonyl (C=O) groups excluding carboxylic acids is 3. The van der Waals surface area contributed by atoms with E-state index in [9.17, 15) is 70.4 Å². The average Bonchev–Trinajstić information content (AvgIpc) is 1.10. The number of alkyl halides is 6. The van der Waals surface area contributed by atoms with Crippen LogP contribution in [0.15, 0.2) is 144 Å². The fraction of sp³-hybridized carbons (Fsp3) is 0.432. The van der Waals surface area contributed by atoms with E-state index in [0.717, 1.165) is 0 Å². The molecule has 0 amide bonds. The van der Waals surface area contributed by atoms with Crippen molar-refractivity contribution in [3.8, 4) is 0 Å². The summed E-state index contributed by atoms with van der Waals surface area (Å²) in [7, 11) is 1.22. The highest BCUT2D eigenvalue weighted by Crippen LogP contribution is 2.45. The first kappa shape index (κ1) is 86.3. The summed E-state index contributed by atoms with van der Waals surface area (Å²) >= 11 is 35.6. The number of aromatic nitrogens is 3. The van der Waals surface area contributed by atoms with Crippen molar-refractivity contribution in [1.82, 2.24) is 45.6 Å². The molecule has 9 atom stereocenters. The van der Waals surface area contributed by atoms with E-state index in [1.165, 1.54) is 88.7 Å². The molecule has 0 bridgehead atoms. The van der Waals surface area contributed by atoms with Crippen LogP contribution in [0.2, 0.25) is 25.1 Å². The van der Waals surface area contributed by atoms with Crippen molar-refractivity contribution in [3.63, 3.8) is 0 Å². The summed E-state index contributed by atoms with van der Waals surface area (Å²) in [5.41, 5.74) is 2.85. The molecule has 3 saturated heterocycles. The minimum absolute atomic E-state index is 0.0334. The maximum absolute atomic E-state index is 14.6. The highest BCUT2D eigenvalue weighted by atomic mass is 35.5. The van der Waals surface area contributed by atoms with E-state index in [2.05, 4.69) is 30.9 Å². The second-order valence-electron chi connectivity index (χ2n) is 27.3. The van der Waals surface area contributed by atoms with E-state index >= 15 is 0 Å². The number of carbonyl (C=O) groups is 6. The molecule has 600 valence electrons. The van der Waals surface area contributed by atoms with Gasteiger partial charge in [0.25, 0.3) is 17.8 Å². The summed E-state index contributed by atoms with van der Waals surface area (Å²) in [4.78, 5) is 106. The maximum atomic E-state index is 14.6. The second-order valence-corrected chi connectivity index (χ2v) is 32.0. The Morgan fingerprint density at radius 3 is 1.08 bits per heavy atom. The summed E-state index contributed by atoms with van der Waals surface area (Å²) in [6.07, 6.45) is 3.50. The lowest BCUT2D eigenvalue weighted by atomic mass is 9.94. The molecular weight excluding hydrogens is 1640 g/mol. The number of ether oxygens (including phenoxy) is 3. The molecule has 12 rings (SSSR count). The number of nitrogens with one attached hydrogen (secondary N) is 3. The van der Waals surface area contributed by atoms with E-state index < -0.39 is 146 Å². The van der Waals surface area contributed by atoms with Gasteiger partial charge < -0.3 is 45.5 Å². The molecule has 0 aliphatic carbocycles. The van der Waals surface area contributed by atoms with Gasteiger partial charge in [0, 0.05) is 151 Å². The number of benzene rings is 3. The fourth-order valence-electron chi connectivity index (χ4n) is 13.9. The molecule has 6 aliphatic rings. The van der Waals surface area contributed by atoms with Crippen LogP contribution in [0.25, 0.3) is 0 Å². The van der Waals surface area contributed by atoms with Crippen LogP contribution in [-0.4, -0.2) is 194 Å². The number of hydrogen-bond acceptors (Lipinski definition) is 24. The molecule has 24 nitrogen and oxygen atoms in total. The zero-order valence-corrected chi connectivity index (χ0v) is 67.0. The van der Waals surface area contributed by atoms with Gasteiger partial charge in [-0.25, -0.2) is 55.7 Å². The van der Waals surface area contributed by atoms with Crippen LogP contribution in [-0.2, 0) is 43.0 Å². The van der Waals surface area contributed by atoms with Gasteiger partial charge in [0.15, 0.2) is 32.5 Å². The molecule has 0 spiro atoms. The molecule has 3 fully saturated rings. The third-order valence-electron chi connectivity index (χ3n) is 19.1. The SMILES string of the molecule is CCOC(=O)C1=C(CN2CC(F)(F)C[C@H]2CC(C)C(=O)O)NC(c2nccs2)=N[C@H]1c1ccc(Cl)cc1Cl.CCOC(=O)C1=C(CN2CC(F)(F)C[C@H]2CC(C)C(=O)O)NC(c2nccs2)=N[C@H]1c1ccccc1Cl.COC(=O)C1=C(CN2CC(F)(F)C[C@H]2CC(C)C(=O)O)NC(c2nccs2)=N[C@H]1c1ccc(Cl)cc1Cl. The van der Waals surface area contributed by atoms with Crippen LogP contribution in [0, 0.1) is 17.8 Å². The lowest BCUT2D eigenvalue weighted by molar-refractivity contribution is -0.142. The molecule has 6 N–H and O–H groups in total. The van der Waals surface area contributed by atoms with Crippen LogP contribution >= 0.6 is 92.0 Å². The van der Waals surface area contributed by atoms with Gasteiger partial charge >= 0.3 is 35.8 Å². The van der Waals surface area contributed by atoms with Crippen LogP contribution < -0.4 is 16.0 Å². The summed E-state index contributed by atoms with van der Waals surface area (Å²) < 4.78 is 103. The number of aliphatic imine (C=N–C) groups is 3. The number of carboxylic acid groups (broad SMARTS) is 3. The van der Waals surface area contributed by atoms with Gasteiger partial charge in [-0.3, -0.25) is 44.1 Å². The highest BCUT2D eigenvalue weighted by molar-refractivity contribution is 7.12. The zero-order chi connectivity index (χ0) is 81.3. The van der Waals surface area contributed by atoms with E-state index in [-0.39, 0.29) is 78.9 Å². The van der Waals surface area contributed by atoms with Gasteiger partial charge in [0.2, 0.25) is 0 Å². The summed E-state index contributed by atoms with van der Waals surface area (Å²) in [6.45, 7) is 6.02. The normalized spacial score (nSPS) is 22.3. The molecule has 112 heavy (non-hydrogen) atoms. The Balaban J connectivity index is 0.000000178. The molecule has 3 aromatic carbocycles. The number of rotatable bonds is 26. The number of likely N-dealkylation sites (tertiary alicyclic amines) is 3. The van der Waals surface area contributed by atoms with Crippen molar-refractivity contribution >= 4 is 145 Å². The number of amidine groups is 3. The van der Waals surface area contributed by atoms with Gasteiger partial charge in [-0.2, -0.15) is 0 Å². The molecule has 38 heteroatoms. The standard InChI is InChI=1S/C25H26Cl2F2N4O4S.C25H27ClF2N4O4S.C24H24Cl2F2N4O4S/c1-3-37-24(36)19-18(11-33-12-25(28,29)10-15(33)8-13(2)23(34)35)31-21(22-30-6-7-38-22)32-20(19)16-5-4-14(26)9-17(16)27;1-3-36-24(35)19-18(12-32-13-25(27,28)11-15(32)10-14(2)23(33)34)30-21(22-29-8-9-37-22)31-20(19)16-6-4-5-7-17(16)26;1-12(22(33)34)7-14-9-24(27,28)11-32(14)10-17-18(23(35)36-2)19(15-4-3-13(25)8-16(15)26)31-20(30-17)21-29-5-6-37-21/h4-7,9,13,15,20H,3,8,10-12H2,1-2H3,(H,31,32)(H,34,35);4-9,14-15,20H,3,10-13H2,1-2H3,(H,30,31)(H,33,34);3-6,8,12,14,19H,7,9-11H2,1-2H3,(H,30,31)(H,33,34)/t13?,15-,20+;14?,15-,20+;12?,14-,19+/m111/s1. The van der Waals surface area contributed by atoms with E-state index in [1.807, 2.05) is 0 Å². The van der Waals surface area contributed by atoms with Crippen molar-refractivity contribution in [3.05, 3.63) is 186 Å². The van der Waals surface area contributed by atoms with Crippen LogP contribution in [0.4, 0.5) is 26.3 Å². The lowest BCUT2D eigenvalue weighted by Gasteiger charge is -2.31. The topological polar surface area (TPSA) is 312 Å². The zero-order valence-electron chi connectivity index (χ0n) is 60.8. The molecule has 9 heterocycles. The Kier molecular flexibility index (Phi) is 28.9. The maximum Gasteiger partial charge on any atom is 0.338 e. The van der Waals surface area contributed by atoms with Gasteiger partial charge in [-0.05, 0) is 63.4 Å². The van der Waals surface area contributed by atoms with Crippen LogP contribution in [0.1, 0.15) is 123 Å². The van der Waals surface area contributed by atoms with Crippen molar-refractivity contribution < 1.29 is 84.6 Å². The minimum Gasteiger partial charge on any atom is -0.481 e. The summed E-state index contributed by atoms with van der Waals surface area (Å²) in [6, 6.07) is 11.7. The third kappa shape index (κ3) is 21.5. The van der Waals surface area contributed by atoms with Gasteiger partial charge in [-0.15, -0.1) is 34.0 Å². The predicted molar refractivity (Wildman–Crippen MR) is 413 cm³/mol. The molecule has 0 radical (unpaired) electrons. The summed E-state index contributed by atoms with van der Waals surface area (Å²) in [5, 5.41) is 46.1. The van der Waals surface area contributed by atoms with E-state index in [4.69, 9.17) is 87.2 Å². The lowest BCUT2D eigenvalue weighted by Crippen LogP contribution is -2.42. The van der Waals surface area contributed by atoms with Crippen molar-refractivity contribution in [2.75, 3.05) is 59.6 Å². The van der Waals surface area contributed by atoms with Gasteiger partial charge in [0.1, 0.15) is 18.1 Å². The number of nitrogens with zero attached hydrogens (tertiary/aromatic N) is 9. The molecular formula is C74H77Cl5F6N12O12S3. The van der Waals surface area contributed by atoms with Crippen LogP contribution in [0.5, 0.6) is 0 Å². The number of methoxy groups -OCH3 is 1. The Hall–Kier alpha value is -8.09. The number of hydrogen-bond donors (Lipinski definition) is 6. The fourth-order valence-corrected chi connectivity index (χ4v) is 16.9. The van der Waals surface area contributed by atoms with Crippen molar-refractivity contribution in [1.29, 1.82) is 0 Å². The Morgan fingerprint density at radius 2 is 0.804 bits per heavy atom. The first-order valence-electron chi connectivity index (χ1n) is 35.1. The Labute approximate surface area is 676 Å². The Bertz CT molecular complexity index is 4660. The smallest absolute Gasteiger partial charge is 0.338 e. The first-order chi connectivity index (χ1) is 53.1. The molecule has 3 unspecified atom stereocenters. The monoisotopic (exact) mass is 1710 g/mol. The number of carboxylic acids is 3. The molecule has 3 aromatic heterocycles. The van der Waals surface area contributed by atoms with Crippen molar-refractivity contribution in [2.24, 2.45) is 32.7 Å². The minimum atomic E-state index is -3.01. The predicted octanol–water partition coefficient (Wildman–Crippen LogP) is 14.5.